The van der Waals surface area contributed by atoms with Crippen LogP contribution in [0.2, 0.25) is 0 Å². The molecule has 0 aliphatic heterocycles. The van der Waals surface area contributed by atoms with E-state index in [1.54, 1.807) is 31.4 Å². The van der Waals surface area contributed by atoms with Gasteiger partial charge in [0.25, 0.3) is 11.9 Å². The minimum atomic E-state index is -0.439. The van der Waals surface area contributed by atoms with Gasteiger partial charge in [-0.1, -0.05) is 17.2 Å². The van der Waals surface area contributed by atoms with E-state index < -0.39 is 5.91 Å². The van der Waals surface area contributed by atoms with Crippen LogP contribution >= 0.6 is 11.3 Å². The molecule has 0 spiro atoms. The summed E-state index contributed by atoms with van der Waals surface area (Å²) in [6.45, 7) is 1.91. The summed E-state index contributed by atoms with van der Waals surface area (Å²) in [4.78, 5) is 24.3. The number of methoxy groups -OCH3 is 1. The summed E-state index contributed by atoms with van der Waals surface area (Å²) in [5.41, 5.74) is 1.37. The third kappa shape index (κ3) is 3.65. The Morgan fingerprint density at radius 2 is 2.14 bits per heavy atom. The highest BCUT2D eigenvalue weighted by Gasteiger charge is 2.23. The highest BCUT2D eigenvalue weighted by molar-refractivity contribution is 7.21. The zero-order chi connectivity index (χ0) is 20.4. The van der Waals surface area contributed by atoms with Gasteiger partial charge in [-0.15, -0.1) is 16.4 Å². The molecule has 2 aromatic heterocycles. The van der Waals surface area contributed by atoms with Gasteiger partial charge in [0, 0.05) is 15.6 Å². The number of aryl methyl sites for hydroxylation is 1. The van der Waals surface area contributed by atoms with E-state index in [9.17, 15) is 9.59 Å². The largest absolute Gasteiger partial charge is 0.496 e. The average Bonchev–Trinajstić information content (AvgIpc) is 3.35. The van der Waals surface area contributed by atoms with Gasteiger partial charge in [-0.2, -0.15) is 5.21 Å². The third-order valence-corrected chi connectivity index (χ3v) is 5.28. The van der Waals surface area contributed by atoms with E-state index in [0.29, 0.717) is 27.7 Å². The number of aromatic nitrogens is 4. The minimum Gasteiger partial charge on any atom is -0.496 e. The van der Waals surface area contributed by atoms with Crippen molar-refractivity contribution >= 4 is 39.6 Å². The summed E-state index contributed by atoms with van der Waals surface area (Å²) >= 11 is 1.25. The number of carbonyl (C=O) groups is 2. The van der Waals surface area contributed by atoms with Gasteiger partial charge < -0.3 is 9.47 Å². The van der Waals surface area contributed by atoms with Gasteiger partial charge in [0.05, 0.1) is 7.11 Å². The van der Waals surface area contributed by atoms with Gasteiger partial charge in [-0.25, -0.2) is 0 Å². The second kappa shape index (κ2) is 7.68. The molecule has 29 heavy (non-hydrogen) atoms. The molecular weight excluding hydrogens is 394 g/mol. The maximum atomic E-state index is 12.9. The van der Waals surface area contributed by atoms with E-state index in [1.807, 2.05) is 19.1 Å². The first-order valence-electron chi connectivity index (χ1n) is 8.48. The van der Waals surface area contributed by atoms with Crippen molar-refractivity contribution < 1.29 is 19.1 Å². The lowest BCUT2D eigenvalue weighted by atomic mass is 10.1. The molecule has 2 aromatic carbocycles. The number of thiophene rings is 1. The number of rotatable bonds is 6. The Bertz CT molecular complexity index is 1200. The van der Waals surface area contributed by atoms with Crippen LogP contribution in [0.1, 0.15) is 25.6 Å². The molecule has 0 radical (unpaired) electrons. The van der Waals surface area contributed by atoms with Crippen molar-refractivity contribution in [2.24, 2.45) is 0 Å². The maximum Gasteiger partial charge on any atom is 0.272 e. The van der Waals surface area contributed by atoms with Gasteiger partial charge >= 0.3 is 0 Å². The molecule has 0 aliphatic carbocycles. The molecule has 9 nitrogen and oxygen atoms in total. The van der Waals surface area contributed by atoms with Crippen molar-refractivity contribution in [2.75, 3.05) is 12.4 Å². The van der Waals surface area contributed by atoms with Crippen molar-refractivity contribution in [2.45, 2.75) is 6.92 Å². The molecule has 4 aromatic rings. The number of benzene rings is 2. The van der Waals surface area contributed by atoms with Crippen LogP contribution in [-0.4, -0.2) is 39.9 Å². The number of H-pyrrole nitrogens is 1. The number of amides is 1. The van der Waals surface area contributed by atoms with Crippen LogP contribution in [0, 0.1) is 6.92 Å². The van der Waals surface area contributed by atoms with Crippen molar-refractivity contribution in [3.8, 4) is 17.2 Å². The summed E-state index contributed by atoms with van der Waals surface area (Å²) in [5.74, 6) is 1.13. The van der Waals surface area contributed by atoms with Crippen molar-refractivity contribution in [1.82, 2.24) is 20.6 Å². The van der Waals surface area contributed by atoms with E-state index in [-0.39, 0.29) is 5.95 Å². The SMILES string of the molecule is COc1cc2sc(C(=O)Nc3nn[nH]n3)c(Oc3cccc(C=O)c3)c2cc1C. The van der Waals surface area contributed by atoms with Crippen molar-refractivity contribution in [1.29, 1.82) is 0 Å². The lowest BCUT2D eigenvalue weighted by molar-refractivity contribution is 0.102. The number of nitrogens with zero attached hydrogens (tertiary/aromatic N) is 3. The third-order valence-electron chi connectivity index (χ3n) is 4.15. The van der Waals surface area contributed by atoms with Crippen molar-refractivity contribution in [3.63, 3.8) is 0 Å². The number of aldehydes is 1. The van der Waals surface area contributed by atoms with Crippen molar-refractivity contribution in [3.05, 3.63) is 52.4 Å². The lowest BCUT2D eigenvalue weighted by Gasteiger charge is -2.09. The molecule has 2 N–H and O–H groups in total. The molecule has 0 bridgehead atoms. The number of anilines is 1. The summed E-state index contributed by atoms with van der Waals surface area (Å²) in [7, 11) is 1.59. The molecule has 146 valence electrons. The molecule has 0 saturated heterocycles. The highest BCUT2D eigenvalue weighted by Crippen LogP contribution is 2.43. The number of ether oxygens (including phenoxy) is 2. The molecule has 0 atom stereocenters. The average molecular weight is 409 g/mol. The van der Waals surface area contributed by atoms with E-state index in [1.165, 1.54) is 11.3 Å². The predicted octanol–water partition coefficient (Wildman–Crippen LogP) is 3.59. The summed E-state index contributed by atoms with van der Waals surface area (Å²) in [5, 5.41) is 16.5. The van der Waals surface area contributed by atoms with Crippen LogP contribution in [0.25, 0.3) is 10.1 Å². The topological polar surface area (TPSA) is 119 Å². The first-order valence-corrected chi connectivity index (χ1v) is 9.29. The summed E-state index contributed by atoms with van der Waals surface area (Å²) in [6.07, 6.45) is 0.734. The monoisotopic (exact) mass is 409 g/mol. The van der Waals surface area contributed by atoms with Crippen LogP contribution in [0.4, 0.5) is 5.95 Å². The van der Waals surface area contributed by atoms with Crippen LogP contribution in [0.3, 0.4) is 0 Å². The fraction of sp³-hybridized carbons (Fsp3) is 0.105. The Balaban J connectivity index is 1.82. The normalized spacial score (nSPS) is 10.7. The Morgan fingerprint density at radius 1 is 1.28 bits per heavy atom. The summed E-state index contributed by atoms with van der Waals surface area (Å²) in [6, 6.07) is 10.5. The lowest BCUT2D eigenvalue weighted by Crippen LogP contribution is -2.12. The van der Waals surface area contributed by atoms with Gasteiger partial charge in [-0.3, -0.25) is 14.9 Å². The van der Waals surface area contributed by atoms with E-state index >= 15 is 0 Å². The first kappa shape index (κ1) is 18.6. The Hall–Kier alpha value is -3.79. The number of carbonyl (C=O) groups excluding carboxylic acids is 2. The quantitative estimate of drug-likeness (QED) is 0.467. The number of hydrogen-bond acceptors (Lipinski definition) is 8. The van der Waals surface area contributed by atoms with E-state index in [0.717, 1.165) is 21.9 Å². The molecule has 0 saturated carbocycles. The molecule has 1 amide bonds. The second-order valence-electron chi connectivity index (χ2n) is 6.06. The molecule has 4 rings (SSSR count). The van der Waals surface area contributed by atoms with Crippen LogP contribution in [-0.2, 0) is 0 Å². The zero-order valence-corrected chi connectivity index (χ0v) is 16.2. The van der Waals surface area contributed by atoms with Crippen LogP contribution in [0.5, 0.6) is 17.2 Å². The molecule has 0 unspecified atom stereocenters. The molecule has 0 aliphatic rings. The Morgan fingerprint density at radius 3 is 2.86 bits per heavy atom. The predicted molar refractivity (Wildman–Crippen MR) is 107 cm³/mol. The van der Waals surface area contributed by atoms with Crippen LogP contribution in [0.15, 0.2) is 36.4 Å². The second-order valence-corrected chi connectivity index (χ2v) is 7.11. The fourth-order valence-corrected chi connectivity index (χ4v) is 3.86. The molecular formula is C19H15N5O4S. The molecule has 2 heterocycles. The van der Waals surface area contributed by atoms with Crippen LogP contribution < -0.4 is 14.8 Å². The maximum absolute atomic E-state index is 12.9. The molecule has 10 heteroatoms. The molecule has 0 fully saturated rings. The zero-order valence-electron chi connectivity index (χ0n) is 15.4. The Labute approximate surface area is 168 Å². The first-order chi connectivity index (χ1) is 14.1. The minimum absolute atomic E-state index is 0.0510. The fourth-order valence-electron chi connectivity index (χ4n) is 2.82. The Kier molecular flexibility index (Phi) is 4.92. The highest BCUT2D eigenvalue weighted by atomic mass is 32.1. The van der Waals surface area contributed by atoms with Gasteiger partial charge in [0.2, 0.25) is 0 Å². The number of tetrazole rings is 1. The van der Waals surface area contributed by atoms with E-state index in [2.05, 4.69) is 25.9 Å². The van der Waals surface area contributed by atoms with Gasteiger partial charge in [-0.05, 0) is 42.0 Å². The standard InChI is InChI=1S/C19H15N5O4S/c1-10-6-13-15(8-14(10)27-2)29-17(18(26)20-19-21-23-24-22-19)16(13)28-12-5-3-4-11(7-12)9-25/h3-9H,1-2H3,(H2,20,21,22,23,24,26). The number of aromatic amines is 1. The number of nitrogens with one attached hydrogen (secondary N) is 2. The number of hydrogen-bond donors (Lipinski definition) is 2. The smallest absolute Gasteiger partial charge is 0.272 e. The number of fused-ring (bicyclic) bond motifs is 1. The summed E-state index contributed by atoms with van der Waals surface area (Å²) < 4.78 is 12.3. The van der Waals surface area contributed by atoms with E-state index in [4.69, 9.17) is 9.47 Å². The van der Waals surface area contributed by atoms with Gasteiger partial charge in [0.1, 0.15) is 22.7 Å². The van der Waals surface area contributed by atoms with Gasteiger partial charge in [0.15, 0.2) is 5.75 Å².